The fourth-order valence-corrected chi connectivity index (χ4v) is 5.54. The summed E-state index contributed by atoms with van der Waals surface area (Å²) in [5.74, 6) is 0.708. The molecule has 0 atom stereocenters. The third kappa shape index (κ3) is 4.58. The molecule has 2 aromatic carbocycles. The number of fused-ring (bicyclic) bond motifs is 2. The minimum Gasteiger partial charge on any atom is -0.465 e. The van der Waals surface area contributed by atoms with Crippen LogP contribution in [0.15, 0.2) is 48.5 Å². The summed E-state index contributed by atoms with van der Waals surface area (Å²) in [4.78, 5) is 28.9. The lowest BCUT2D eigenvalue weighted by atomic mass is 10.0. The molecule has 1 amide bonds. The summed E-state index contributed by atoms with van der Waals surface area (Å²) in [7, 11) is 1.37. The third-order valence-electron chi connectivity index (χ3n) is 5.83. The number of ether oxygens (including phenoxy) is 3. The van der Waals surface area contributed by atoms with Gasteiger partial charge in [0.05, 0.1) is 19.1 Å². The number of nitrogens with one attached hydrogen (secondary N) is 1. The first-order valence-electron chi connectivity index (χ1n) is 10.8. The lowest BCUT2D eigenvalue weighted by Gasteiger charge is -2.27. The van der Waals surface area contributed by atoms with E-state index in [1.807, 2.05) is 30.3 Å². The highest BCUT2D eigenvalue weighted by Crippen LogP contribution is 2.38. The molecule has 0 fully saturated rings. The number of hydrogen-bond donors (Lipinski definition) is 1. The van der Waals surface area contributed by atoms with Gasteiger partial charge in [-0.05, 0) is 35.2 Å². The van der Waals surface area contributed by atoms with Crippen LogP contribution in [0.3, 0.4) is 0 Å². The Labute approximate surface area is 195 Å². The van der Waals surface area contributed by atoms with Crippen LogP contribution in [-0.2, 0) is 35.5 Å². The summed E-state index contributed by atoms with van der Waals surface area (Å²) in [5, 5.41) is 3.51. The van der Waals surface area contributed by atoms with E-state index in [1.165, 1.54) is 24.0 Å². The molecule has 8 heteroatoms. The summed E-state index contributed by atoms with van der Waals surface area (Å²) in [6, 6.07) is 15.8. The van der Waals surface area contributed by atoms with Crippen LogP contribution in [0.2, 0.25) is 0 Å². The molecule has 0 spiro atoms. The quantitative estimate of drug-likeness (QED) is 0.556. The predicted molar refractivity (Wildman–Crippen MR) is 125 cm³/mol. The first-order valence-corrected chi connectivity index (χ1v) is 11.6. The molecule has 170 valence electrons. The minimum atomic E-state index is -0.414. The second-order valence-electron chi connectivity index (χ2n) is 8.06. The molecule has 3 heterocycles. The van der Waals surface area contributed by atoms with Crippen molar-refractivity contribution in [1.82, 2.24) is 4.90 Å². The number of benzene rings is 2. The van der Waals surface area contributed by atoms with E-state index in [4.69, 9.17) is 14.2 Å². The Kier molecular flexibility index (Phi) is 6.02. The van der Waals surface area contributed by atoms with Gasteiger partial charge in [0, 0.05) is 24.5 Å². The van der Waals surface area contributed by atoms with E-state index in [2.05, 4.69) is 22.3 Å². The zero-order chi connectivity index (χ0) is 22.8. The van der Waals surface area contributed by atoms with E-state index in [0.29, 0.717) is 22.1 Å². The highest BCUT2D eigenvalue weighted by Gasteiger charge is 2.29. The van der Waals surface area contributed by atoms with Crippen molar-refractivity contribution in [1.29, 1.82) is 0 Å². The largest absolute Gasteiger partial charge is 0.465 e. The third-order valence-corrected chi connectivity index (χ3v) is 6.96. The van der Waals surface area contributed by atoms with Gasteiger partial charge in [-0.15, -0.1) is 11.3 Å². The summed E-state index contributed by atoms with van der Waals surface area (Å²) < 4.78 is 15.8. The first kappa shape index (κ1) is 21.5. The Balaban J connectivity index is 1.33. The zero-order valence-corrected chi connectivity index (χ0v) is 19.1. The number of methoxy groups -OCH3 is 1. The summed E-state index contributed by atoms with van der Waals surface area (Å²) in [6.07, 6.45) is 0.904. The lowest BCUT2D eigenvalue weighted by Crippen LogP contribution is -2.29. The molecule has 0 saturated carbocycles. The van der Waals surface area contributed by atoms with Crippen molar-refractivity contribution in [3.8, 4) is 11.5 Å². The van der Waals surface area contributed by atoms with Crippen molar-refractivity contribution in [3.05, 3.63) is 75.7 Å². The maximum atomic E-state index is 12.8. The van der Waals surface area contributed by atoms with Crippen molar-refractivity contribution in [2.24, 2.45) is 0 Å². The average molecular weight is 465 g/mol. The Morgan fingerprint density at radius 1 is 1.09 bits per heavy atom. The number of carbonyl (C=O) groups is 2. The summed E-state index contributed by atoms with van der Waals surface area (Å²) in [5.41, 5.74) is 3.53. The van der Waals surface area contributed by atoms with Gasteiger partial charge in [-0.2, -0.15) is 0 Å². The fourth-order valence-electron chi connectivity index (χ4n) is 4.25. The minimum absolute atomic E-state index is 0.167. The van der Waals surface area contributed by atoms with E-state index >= 15 is 0 Å². The second kappa shape index (κ2) is 9.25. The molecule has 0 aliphatic carbocycles. The Morgan fingerprint density at radius 2 is 1.91 bits per heavy atom. The summed E-state index contributed by atoms with van der Waals surface area (Å²) >= 11 is 1.46. The van der Waals surface area contributed by atoms with Gasteiger partial charge in [0.2, 0.25) is 12.7 Å². The molecule has 2 aliphatic heterocycles. The van der Waals surface area contributed by atoms with Crippen molar-refractivity contribution in [2.45, 2.75) is 25.9 Å². The monoisotopic (exact) mass is 464 g/mol. The van der Waals surface area contributed by atoms with E-state index in [0.717, 1.165) is 42.1 Å². The predicted octanol–water partition coefficient (Wildman–Crippen LogP) is 4.00. The molecule has 0 radical (unpaired) electrons. The van der Waals surface area contributed by atoms with Gasteiger partial charge in [-0.3, -0.25) is 9.69 Å². The van der Waals surface area contributed by atoms with Crippen LogP contribution < -0.4 is 14.8 Å². The smallest absolute Gasteiger partial charge is 0.341 e. The Hall–Kier alpha value is -3.36. The Bertz CT molecular complexity index is 1190. The van der Waals surface area contributed by atoms with Gasteiger partial charge < -0.3 is 19.5 Å². The first-order chi connectivity index (χ1) is 16.1. The molecule has 2 aliphatic rings. The van der Waals surface area contributed by atoms with Gasteiger partial charge >= 0.3 is 5.97 Å². The number of rotatable bonds is 6. The van der Waals surface area contributed by atoms with Crippen LogP contribution >= 0.6 is 11.3 Å². The number of amides is 1. The molecule has 7 nitrogen and oxygen atoms in total. The highest BCUT2D eigenvalue weighted by atomic mass is 32.1. The van der Waals surface area contributed by atoms with Gasteiger partial charge in [0.15, 0.2) is 11.5 Å². The molecule has 3 aromatic rings. The fraction of sp³-hybridized carbons (Fsp3) is 0.280. The number of carbonyl (C=O) groups excluding carboxylic acids is 2. The standard InChI is InChI=1S/C25H24N2O5S/c1-30-25(29)23-18-9-10-27(13-16-5-3-2-4-6-16)14-21(18)33-24(23)26-22(28)12-17-7-8-19-20(11-17)32-15-31-19/h2-8,11H,9-10,12-15H2,1H3,(H,26,28). The average Bonchev–Trinajstić information content (AvgIpc) is 3.42. The summed E-state index contributed by atoms with van der Waals surface area (Å²) in [6.45, 7) is 2.61. The van der Waals surface area contributed by atoms with Crippen LogP contribution in [0.1, 0.15) is 31.9 Å². The van der Waals surface area contributed by atoms with Crippen molar-refractivity contribution >= 4 is 28.2 Å². The van der Waals surface area contributed by atoms with Gasteiger partial charge in [0.1, 0.15) is 5.00 Å². The lowest BCUT2D eigenvalue weighted by molar-refractivity contribution is -0.115. The molecular formula is C25H24N2O5S. The topological polar surface area (TPSA) is 77.1 Å². The van der Waals surface area contributed by atoms with Crippen LogP contribution in [0, 0.1) is 0 Å². The number of esters is 1. The van der Waals surface area contributed by atoms with Crippen LogP contribution in [0.4, 0.5) is 5.00 Å². The van der Waals surface area contributed by atoms with E-state index < -0.39 is 5.97 Å². The number of nitrogens with zero attached hydrogens (tertiary/aromatic N) is 1. The van der Waals surface area contributed by atoms with E-state index in [9.17, 15) is 9.59 Å². The van der Waals surface area contributed by atoms with E-state index in [-0.39, 0.29) is 19.1 Å². The normalized spacial score (nSPS) is 14.6. The Morgan fingerprint density at radius 3 is 2.73 bits per heavy atom. The van der Waals surface area contributed by atoms with Crippen molar-refractivity contribution in [2.75, 3.05) is 25.8 Å². The number of hydrogen-bond acceptors (Lipinski definition) is 7. The molecular weight excluding hydrogens is 440 g/mol. The highest BCUT2D eigenvalue weighted by molar-refractivity contribution is 7.17. The van der Waals surface area contributed by atoms with Crippen LogP contribution in [0.25, 0.3) is 0 Å². The van der Waals surface area contributed by atoms with Crippen molar-refractivity contribution in [3.63, 3.8) is 0 Å². The molecule has 1 N–H and O–H groups in total. The molecule has 0 unspecified atom stereocenters. The van der Waals surface area contributed by atoms with Crippen molar-refractivity contribution < 1.29 is 23.8 Å². The van der Waals surface area contributed by atoms with Crippen LogP contribution in [-0.4, -0.2) is 37.2 Å². The van der Waals surface area contributed by atoms with Gasteiger partial charge in [-0.25, -0.2) is 4.79 Å². The van der Waals surface area contributed by atoms with Gasteiger partial charge in [-0.1, -0.05) is 36.4 Å². The second-order valence-corrected chi connectivity index (χ2v) is 9.16. The van der Waals surface area contributed by atoms with Crippen LogP contribution in [0.5, 0.6) is 11.5 Å². The van der Waals surface area contributed by atoms with E-state index in [1.54, 1.807) is 6.07 Å². The molecule has 1 aromatic heterocycles. The number of thiophene rings is 1. The zero-order valence-electron chi connectivity index (χ0n) is 18.3. The number of anilines is 1. The maximum absolute atomic E-state index is 12.8. The molecule has 0 saturated heterocycles. The molecule has 33 heavy (non-hydrogen) atoms. The molecule has 0 bridgehead atoms. The maximum Gasteiger partial charge on any atom is 0.341 e. The SMILES string of the molecule is COC(=O)c1c(NC(=O)Cc2ccc3c(c2)OCO3)sc2c1CCN(Cc1ccccc1)C2. The van der Waals surface area contributed by atoms with Gasteiger partial charge in [0.25, 0.3) is 0 Å². The molecule has 5 rings (SSSR count).